The van der Waals surface area contributed by atoms with Crippen LogP contribution in [-0.2, 0) is 4.79 Å². The van der Waals surface area contributed by atoms with Crippen LogP contribution in [0.5, 0.6) is 0 Å². The van der Waals surface area contributed by atoms with Crippen molar-refractivity contribution in [2.75, 3.05) is 13.1 Å². The zero-order chi connectivity index (χ0) is 18.1. The van der Waals surface area contributed by atoms with Crippen molar-refractivity contribution >= 4 is 22.8 Å². The average Bonchev–Trinajstić information content (AvgIpc) is 3.12. The normalized spacial score (nSPS) is 16.0. The zero-order valence-corrected chi connectivity index (χ0v) is 15.2. The van der Waals surface area contributed by atoms with Crippen LogP contribution in [0, 0.1) is 6.92 Å². The van der Waals surface area contributed by atoms with Gasteiger partial charge in [0.25, 0.3) is 5.91 Å². The molecule has 0 bridgehead atoms. The van der Waals surface area contributed by atoms with E-state index in [0.717, 1.165) is 24.0 Å². The summed E-state index contributed by atoms with van der Waals surface area (Å²) in [4.78, 5) is 30.7. The Bertz CT molecular complexity index is 811. The lowest BCUT2D eigenvalue weighted by Crippen LogP contribution is -2.42. The van der Waals surface area contributed by atoms with Gasteiger partial charge in [0.05, 0.1) is 17.5 Å². The summed E-state index contributed by atoms with van der Waals surface area (Å²) in [6, 6.07) is 1.94. The molecule has 2 aromatic rings. The van der Waals surface area contributed by atoms with Gasteiger partial charge in [-0.3, -0.25) is 9.59 Å². The van der Waals surface area contributed by atoms with Crippen LogP contribution in [0.25, 0.3) is 11.0 Å². The molecule has 0 spiro atoms. The maximum Gasteiger partial charge on any atom is 0.253 e. The predicted molar refractivity (Wildman–Crippen MR) is 95.4 cm³/mol. The third kappa shape index (κ3) is 3.50. The number of hydrogen-bond donors (Lipinski definition) is 1. The topological polar surface area (TPSA) is 80.1 Å². The first-order valence-corrected chi connectivity index (χ1v) is 8.80. The molecule has 1 aliphatic heterocycles. The van der Waals surface area contributed by atoms with E-state index in [1.807, 2.05) is 43.3 Å². The first-order valence-electron chi connectivity index (χ1n) is 8.80. The maximum atomic E-state index is 12.6. The van der Waals surface area contributed by atoms with Crippen molar-refractivity contribution in [1.29, 1.82) is 0 Å². The summed E-state index contributed by atoms with van der Waals surface area (Å²) in [6.07, 6.45) is 3.25. The molecule has 134 valence electrons. The van der Waals surface area contributed by atoms with Gasteiger partial charge < -0.3 is 10.2 Å². The molecule has 2 amide bonds. The van der Waals surface area contributed by atoms with E-state index in [1.165, 1.54) is 0 Å². The summed E-state index contributed by atoms with van der Waals surface area (Å²) in [6.45, 7) is 9.17. The summed E-state index contributed by atoms with van der Waals surface area (Å²) >= 11 is 0. The molecule has 1 aliphatic rings. The number of carbonyl (C=O) groups excluding carboxylic acids is 2. The van der Waals surface area contributed by atoms with Crippen molar-refractivity contribution in [3.8, 4) is 0 Å². The lowest BCUT2D eigenvalue weighted by atomic mass is 10.1. The van der Waals surface area contributed by atoms with E-state index in [2.05, 4.69) is 15.4 Å². The number of fused-ring (bicyclic) bond motifs is 1. The molecule has 7 nitrogen and oxygen atoms in total. The highest BCUT2D eigenvalue weighted by Gasteiger charge is 2.23. The van der Waals surface area contributed by atoms with Gasteiger partial charge in [-0.2, -0.15) is 5.10 Å². The lowest BCUT2D eigenvalue weighted by molar-refractivity contribution is -0.127. The molecule has 3 heterocycles. The Kier molecular flexibility index (Phi) is 4.74. The smallest absolute Gasteiger partial charge is 0.253 e. The second-order valence-electron chi connectivity index (χ2n) is 7.03. The molecule has 3 rings (SSSR count). The third-order valence-corrected chi connectivity index (χ3v) is 4.54. The van der Waals surface area contributed by atoms with Crippen molar-refractivity contribution in [2.45, 2.75) is 52.6 Å². The van der Waals surface area contributed by atoms with Gasteiger partial charge in [0.15, 0.2) is 5.65 Å². The van der Waals surface area contributed by atoms with Gasteiger partial charge in [0.2, 0.25) is 5.91 Å². The van der Waals surface area contributed by atoms with Crippen molar-refractivity contribution in [3.05, 3.63) is 23.5 Å². The Morgan fingerprint density at radius 2 is 2.12 bits per heavy atom. The predicted octanol–water partition coefficient (Wildman–Crippen LogP) is 2.06. The van der Waals surface area contributed by atoms with Crippen LogP contribution in [0.3, 0.4) is 0 Å². The maximum absolute atomic E-state index is 12.6. The minimum atomic E-state index is -0.164. The number of likely N-dealkylation sites (tertiary alicyclic amines) is 1. The average molecular weight is 343 g/mol. The summed E-state index contributed by atoms with van der Waals surface area (Å²) in [5.41, 5.74) is 2.02. The van der Waals surface area contributed by atoms with Crippen LogP contribution in [0.2, 0.25) is 0 Å². The number of nitrogens with one attached hydrogen (secondary N) is 1. The number of carbonyl (C=O) groups is 2. The molecule has 0 radical (unpaired) electrons. The Hall–Kier alpha value is -2.44. The quantitative estimate of drug-likeness (QED) is 0.901. The highest BCUT2D eigenvalue weighted by molar-refractivity contribution is 5.98. The van der Waals surface area contributed by atoms with Crippen LogP contribution >= 0.6 is 0 Å². The molecular weight excluding hydrogens is 318 g/mol. The fourth-order valence-corrected chi connectivity index (χ4v) is 3.25. The minimum Gasteiger partial charge on any atom is -0.348 e. The number of amides is 2. The standard InChI is InChI=1S/C18H25N5O2/c1-11(2)23-17-14(9-19-23)8-15(13(4)21-17)18(25)20-12(3)10-22-7-5-6-16(22)24/h8-9,11-12H,5-7,10H2,1-4H3,(H,20,25). The fourth-order valence-electron chi connectivity index (χ4n) is 3.25. The van der Waals surface area contributed by atoms with Crippen molar-refractivity contribution in [2.24, 2.45) is 0 Å². The number of hydrogen-bond acceptors (Lipinski definition) is 4. The van der Waals surface area contributed by atoms with Gasteiger partial charge in [-0.05, 0) is 40.2 Å². The number of nitrogens with zero attached hydrogens (tertiary/aromatic N) is 4. The van der Waals surface area contributed by atoms with Gasteiger partial charge in [-0.1, -0.05) is 0 Å². The SMILES string of the molecule is Cc1nc2c(cnn2C(C)C)cc1C(=O)NC(C)CN1CCCC1=O. The molecule has 1 N–H and O–H groups in total. The number of pyridine rings is 1. The van der Waals surface area contributed by atoms with Gasteiger partial charge >= 0.3 is 0 Å². The van der Waals surface area contributed by atoms with Crippen LogP contribution in [0.15, 0.2) is 12.3 Å². The Morgan fingerprint density at radius 3 is 2.76 bits per heavy atom. The molecule has 1 atom stereocenters. The second-order valence-corrected chi connectivity index (χ2v) is 7.03. The molecule has 0 aliphatic carbocycles. The van der Waals surface area contributed by atoms with Gasteiger partial charge in [0, 0.05) is 37.0 Å². The number of rotatable bonds is 5. The fraction of sp³-hybridized carbons (Fsp3) is 0.556. The molecule has 25 heavy (non-hydrogen) atoms. The highest BCUT2D eigenvalue weighted by Crippen LogP contribution is 2.19. The zero-order valence-electron chi connectivity index (χ0n) is 15.2. The molecule has 1 saturated heterocycles. The summed E-state index contributed by atoms with van der Waals surface area (Å²) in [5, 5.41) is 8.18. The third-order valence-electron chi connectivity index (χ3n) is 4.54. The lowest BCUT2D eigenvalue weighted by Gasteiger charge is -2.22. The molecular formula is C18H25N5O2. The monoisotopic (exact) mass is 343 g/mol. The van der Waals surface area contributed by atoms with E-state index in [9.17, 15) is 9.59 Å². The molecule has 1 unspecified atom stereocenters. The summed E-state index contributed by atoms with van der Waals surface area (Å²) in [5.74, 6) is 0.00445. The van der Waals surface area contributed by atoms with Crippen molar-refractivity contribution < 1.29 is 9.59 Å². The van der Waals surface area contributed by atoms with Crippen LogP contribution in [0.4, 0.5) is 0 Å². The number of aryl methyl sites for hydroxylation is 1. The van der Waals surface area contributed by atoms with Crippen LogP contribution < -0.4 is 5.32 Å². The van der Waals surface area contributed by atoms with Crippen molar-refractivity contribution in [3.63, 3.8) is 0 Å². The summed E-state index contributed by atoms with van der Waals surface area (Å²) in [7, 11) is 0. The van der Waals surface area contributed by atoms with Gasteiger partial charge in [-0.25, -0.2) is 9.67 Å². The van der Waals surface area contributed by atoms with E-state index in [4.69, 9.17) is 0 Å². The van der Waals surface area contributed by atoms with E-state index >= 15 is 0 Å². The van der Waals surface area contributed by atoms with E-state index in [1.54, 1.807) is 6.20 Å². The minimum absolute atomic E-state index is 0.108. The Morgan fingerprint density at radius 1 is 1.36 bits per heavy atom. The first kappa shape index (κ1) is 17.4. The van der Waals surface area contributed by atoms with Gasteiger partial charge in [-0.15, -0.1) is 0 Å². The van der Waals surface area contributed by atoms with E-state index < -0.39 is 0 Å². The first-order chi connectivity index (χ1) is 11.9. The Labute approximate surface area is 147 Å². The van der Waals surface area contributed by atoms with Crippen LogP contribution in [-0.4, -0.2) is 50.6 Å². The van der Waals surface area contributed by atoms with Crippen LogP contribution in [0.1, 0.15) is 55.7 Å². The van der Waals surface area contributed by atoms with Gasteiger partial charge in [0.1, 0.15) is 0 Å². The molecule has 0 saturated carbocycles. The van der Waals surface area contributed by atoms with Crippen molar-refractivity contribution in [1.82, 2.24) is 25.0 Å². The molecule has 1 fully saturated rings. The molecule has 2 aromatic heterocycles. The number of aromatic nitrogens is 3. The van der Waals surface area contributed by atoms with E-state index in [-0.39, 0.29) is 23.9 Å². The summed E-state index contributed by atoms with van der Waals surface area (Å²) < 4.78 is 1.85. The second kappa shape index (κ2) is 6.82. The van der Waals surface area contributed by atoms with E-state index in [0.29, 0.717) is 24.2 Å². The Balaban J connectivity index is 1.75. The molecule has 7 heteroatoms. The largest absolute Gasteiger partial charge is 0.348 e. The molecule has 0 aromatic carbocycles. The highest BCUT2D eigenvalue weighted by atomic mass is 16.2.